The summed E-state index contributed by atoms with van der Waals surface area (Å²) in [6.45, 7) is 4.41. The van der Waals surface area contributed by atoms with Crippen molar-refractivity contribution < 1.29 is 9.47 Å². The van der Waals surface area contributed by atoms with Crippen LogP contribution in [0.3, 0.4) is 0 Å². The van der Waals surface area contributed by atoms with Crippen molar-refractivity contribution in [1.29, 1.82) is 0 Å². The van der Waals surface area contributed by atoms with Crippen molar-refractivity contribution in [2.45, 2.75) is 13.8 Å². The lowest BCUT2D eigenvalue weighted by molar-refractivity contribution is 0.464. The second kappa shape index (κ2) is 12.5. The lowest BCUT2D eigenvalue weighted by Crippen LogP contribution is -2.57. The molecule has 0 N–H and O–H groups in total. The molecule has 0 atom stereocenters. The Hall–Kier alpha value is -7.54. The van der Waals surface area contributed by atoms with Crippen LogP contribution in [0.15, 0.2) is 176 Å². The van der Waals surface area contributed by atoms with Crippen molar-refractivity contribution in [2.24, 2.45) is 0 Å². The van der Waals surface area contributed by atoms with E-state index in [-0.39, 0.29) is 6.71 Å². The van der Waals surface area contributed by atoms with E-state index in [2.05, 4.69) is 199 Å². The molecule has 9 aromatic carbocycles. The summed E-state index contributed by atoms with van der Waals surface area (Å²) in [4.78, 5) is 0. The number of thiophene rings is 1. The van der Waals surface area contributed by atoms with Crippen molar-refractivity contribution in [3.05, 3.63) is 187 Å². The molecule has 0 saturated carbocycles. The second-order valence-electron chi connectivity index (χ2n) is 16.9. The SMILES string of the molecule is Cc1cc2c3cccc(C)c3n(-c3ccc4c(c3)Oc3cc(-n5c6ccccc6c6ccccc65)cc5c3B4c3ccc(-c4ccccc4)cc3O5)c2c2sc3ccccc3c12. The number of aryl methyl sites for hydroxylation is 2. The highest BCUT2D eigenvalue weighted by atomic mass is 32.1. The molecule has 4 nitrogen and oxygen atoms in total. The molecule has 0 unspecified atom stereocenters. The Labute approximate surface area is 361 Å². The van der Waals surface area contributed by atoms with Gasteiger partial charge in [0.05, 0.1) is 32.5 Å². The summed E-state index contributed by atoms with van der Waals surface area (Å²) in [5, 5.41) is 7.62. The van der Waals surface area contributed by atoms with Crippen LogP contribution in [0, 0.1) is 13.8 Å². The maximum Gasteiger partial charge on any atom is 0.260 e. The third-order valence-corrected chi connectivity index (χ3v) is 14.6. The maximum atomic E-state index is 7.24. The summed E-state index contributed by atoms with van der Waals surface area (Å²) in [6.07, 6.45) is 0. The van der Waals surface area contributed by atoms with Crippen LogP contribution in [0.1, 0.15) is 11.1 Å². The zero-order valence-electron chi connectivity index (χ0n) is 33.9. The first-order valence-corrected chi connectivity index (χ1v) is 22.1. The van der Waals surface area contributed by atoms with Gasteiger partial charge >= 0.3 is 0 Å². The predicted molar refractivity (Wildman–Crippen MR) is 261 cm³/mol. The molecule has 290 valence electrons. The van der Waals surface area contributed by atoms with Gasteiger partial charge in [-0.15, -0.1) is 11.3 Å². The van der Waals surface area contributed by atoms with Crippen molar-refractivity contribution >= 4 is 98.2 Å². The summed E-state index contributed by atoms with van der Waals surface area (Å²) in [6, 6.07) is 63.8. The van der Waals surface area contributed by atoms with E-state index in [0.29, 0.717) is 0 Å². The average Bonchev–Trinajstić information content (AvgIpc) is 3.98. The van der Waals surface area contributed by atoms with Crippen LogP contribution in [0.2, 0.25) is 0 Å². The normalized spacial score (nSPS) is 12.9. The molecule has 5 heterocycles. The van der Waals surface area contributed by atoms with Crippen molar-refractivity contribution in [3.8, 4) is 45.5 Å². The highest BCUT2D eigenvalue weighted by molar-refractivity contribution is 7.26. The monoisotopic (exact) mass is 810 g/mol. The van der Waals surface area contributed by atoms with E-state index in [1.54, 1.807) is 0 Å². The highest BCUT2D eigenvalue weighted by Gasteiger charge is 2.41. The van der Waals surface area contributed by atoms with Gasteiger partial charge in [-0.25, -0.2) is 0 Å². The predicted octanol–water partition coefficient (Wildman–Crippen LogP) is 13.3. The third-order valence-electron chi connectivity index (χ3n) is 13.4. The topological polar surface area (TPSA) is 28.3 Å². The van der Waals surface area contributed by atoms with Crippen LogP contribution in [-0.4, -0.2) is 15.8 Å². The number of fused-ring (bicyclic) bond motifs is 14. The first kappa shape index (κ1) is 34.2. The van der Waals surface area contributed by atoms with Crippen molar-refractivity contribution in [3.63, 3.8) is 0 Å². The minimum Gasteiger partial charge on any atom is -0.458 e. The van der Waals surface area contributed by atoms with Crippen LogP contribution in [0.4, 0.5) is 0 Å². The summed E-state index contributed by atoms with van der Waals surface area (Å²) in [5.74, 6) is 3.35. The minimum atomic E-state index is -0.0876. The van der Waals surface area contributed by atoms with Gasteiger partial charge in [-0.05, 0) is 83.4 Å². The van der Waals surface area contributed by atoms with Crippen LogP contribution >= 0.6 is 11.3 Å². The zero-order valence-corrected chi connectivity index (χ0v) is 34.8. The van der Waals surface area contributed by atoms with Gasteiger partial charge < -0.3 is 18.6 Å². The molecule has 62 heavy (non-hydrogen) atoms. The Bertz CT molecular complexity index is 3860. The molecule has 0 saturated heterocycles. The molecule has 0 radical (unpaired) electrons. The Balaban J connectivity index is 1.03. The summed E-state index contributed by atoms with van der Waals surface area (Å²) in [7, 11) is 0. The van der Waals surface area contributed by atoms with E-state index in [9.17, 15) is 0 Å². The molecule has 0 aliphatic carbocycles. The standard InChI is InChI=1S/C56H35BN2O2S/c1-32-13-12-19-40-42-27-33(2)52-41-18-8-11-22-51(41)62-56(52)55(42)59(54(32)40)36-24-26-44-48(29-36)61-50-31-37(58-45-20-9-6-16-38(45)39-17-7-10-21-46(39)58)30-49-53(50)57(44)43-25-23-35(28-47(43)60-49)34-14-4-3-5-15-34/h3-31H,1-2H3. The van der Waals surface area contributed by atoms with Crippen molar-refractivity contribution in [1.82, 2.24) is 9.13 Å². The van der Waals surface area contributed by atoms with Gasteiger partial charge in [-0.2, -0.15) is 0 Å². The molecule has 6 heteroatoms. The first-order valence-electron chi connectivity index (χ1n) is 21.3. The Morgan fingerprint density at radius 1 is 0.435 bits per heavy atom. The molecule has 0 amide bonds. The van der Waals surface area contributed by atoms with Gasteiger partial charge in [-0.3, -0.25) is 0 Å². The summed E-state index contributed by atoms with van der Waals surface area (Å²) in [5.41, 5.74) is 15.0. The lowest BCUT2D eigenvalue weighted by atomic mass is 9.35. The maximum absolute atomic E-state index is 7.24. The second-order valence-corrected chi connectivity index (χ2v) is 18.0. The molecule has 3 aromatic heterocycles. The Morgan fingerprint density at radius 3 is 1.82 bits per heavy atom. The van der Waals surface area contributed by atoms with Gasteiger partial charge in [0, 0.05) is 66.4 Å². The molecule has 14 rings (SSSR count). The number of hydrogen-bond acceptors (Lipinski definition) is 3. The molecule has 2 aliphatic rings. The number of hydrogen-bond donors (Lipinski definition) is 0. The Kier molecular flexibility index (Phi) is 6.90. The molecule has 12 aromatic rings. The van der Waals surface area contributed by atoms with Gasteiger partial charge in [0.2, 0.25) is 0 Å². The molecule has 0 spiro atoms. The largest absolute Gasteiger partial charge is 0.458 e. The van der Waals surface area contributed by atoms with E-state index in [0.717, 1.165) is 72.9 Å². The lowest BCUT2D eigenvalue weighted by Gasteiger charge is -2.34. The summed E-state index contributed by atoms with van der Waals surface area (Å²) < 4.78 is 21.7. The van der Waals surface area contributed by atoms with Crippen LogP contribution in [0.25, 0.3) is 86.3 Å². The molecule has 0 fully saturated rings. The van der Waals surface area contributed by atoms with Gasteiger partial charge in [-0.1, -0.05) is 121 Å². The van der Waals surface area contributed by atoms with E-state index in [4.69, 9.17) is 9.47 Å². The fourth-order valence-corrected chi connectivity index (χ4v) is 12.1. The van der Waals surface area contributed by atoms with Gasteiger partial charge in [0.15, 0.2) is 0 Å². The number of benzene rings is 9. The van der Waals surface area contributed by atoms with E-state index >= 15 is 0 Å². The number of rotatable bonds is 3. The zero-order chi connectivity index (χ0) is 40.8. The average molecular weight is 811 g/mol. The minimum absolute atomic E-state index is 0.0876. The smallest absolute Gasteiger partial charge is 0.260 e. The molecule has 2 aliphatic heterocycles. The number of nitrogens with zero attached hydrogens (tertiary/aromatic N) is 2. The number of para-hydroxylation sites is 3. The van der Waals surface area contributed by atoms with Crippen LogP contribution in [-0.2, 0) is 0 Å². The van der Waals surface area contributed by atoms with Gasteiger partial charge in [0.1, 0.15) is 23.0 Å². The van der Waals surface area contributed by atoms with E-state index < -0.39 is 0 Å². The summed E-state index contributed by atoms with van der Waals surface area (Å²) >= 11 is 1.89. The fraction of sp³-hybridized carbons (Fsp3) is 0.0357. The third kappa shape index (κ3) is 4.62. The van der Waals surface area contributed by atoms with E-state index in [1.807, 2.05) is 11.3 Å². The molecule has 0 bridgehead atoms. The first-order chi connectivity index (χ1) is 30.6. The van der Waals surface area contributed by atoms with Crippen LogP contribution < -0.4 is 25.9 Å². The van der Waals surface area contributed by atoms with E-state index in [1.165, 1.54) is 63.9 Å². The molecular weight excluding hydrogens is 776 g/mol. The quantitative estimate of drug-likeness (QED) is 0.166. The highest BCUT2D eigenvalue weighted by Crippen LogP contribution is 2.46. The van der Waals surface area contributed by atoms with Crippen LogP contribution in [0.5, 0.6) is 23.0 Å². The van der Waals surface area contributed by atoms with Crippen molar-refractivity contribution in [2.75, 3.05) is 0 Å². The van der Waals surface area contributed by atoms with Gasteiger partial charge in [0.25, 0.3) is 6.71 Å². The number of aromatic nitrogens is 2. The number of ether oxygens (including phenoxy) is 2. The Morgan fingerprint density at radius 2 is 1.06 bits per heavy atom. The fourth-order valence-electron chi connectivity index (χ4n) is 10.8. The molecular formula is C56H35BN2O2S.